The maximum absolute atomic E-state index is 12.3. The molecule has 1 aromatic heterocycles. The predicted molar refractivity (Wildman–Crippen MR) is 81.6 cm³/mol. The van der Waals surface area contributed by atoms with Gasteiger partial charge in [0.15, 0.2) is 0 Å². The second-order valence-electron chi connectivity index (χ2n) is 5.06. The van der Waals surface area contributed by atoms with Crippen molar-refractivity contribution in [1.82, 2.24) is 9.97 Å². The van der Waals surface area contributed by atoms with Crippen LogP contribution in [0.3, 0.4) is 0 Å². The Morgan fingerprint density at radius 2 is 2.19 bits per heavy atom. The molecule has 2 N–H and O–H groups in total. The normalized spacial score (nSPS) is 21.2. The zero-order valence-corrected chi connectivity index (χ0v) is 12.9. The van der Waals surface area contributed by atoms with Crippen LogP contribution >= 0.6 is 0 Å². The van der Waals surface area contributed by atoms with Gasteiger partial charge in [-0.3, -0.25) is 14.3 Å². The first-order valence-corrected chi connectivity index (χ1v) is 8.15. The molecule has 0 aromatic carbocycles. The van der Waals surface area contributed by atoms with Gasteiger partial charge in [0.05, 0.1) is 9.67 Å². The van der Waals surface area contributed by atoms with Crippen LogP contribution in [0.25, 0.3) is 0 Å². The summed E-state index contributed by atoms with van der Waals surface area (Å²) < 4.78 is 12.0. The first-order valence-electron chi connectivity index (χ1n) is 6.84. The molecule has 0 radical (unpaired) electrons. The summed E-state index contributed by atoms with van der Waals surface area (Å²) in [5.74, 6) is 0.762. The van der Waals surface area contributed by atoms with Gasteiger partial charge >= 0.3 is 5.69 Å². The number of hydrogen-bond donors (Lipinski definition) is 1. The Labute approximate surface area is 125 Å². The Balaban J connectivity index is 2.29. The van der Waals surface area contributed by atoms with E-state index in [4.69, 9.17) is 5.73 Å². The molecule has 0 bridgehead atoms. The minimum Gasteiger partial charge on any atom is -0.378 e. The van der Waals surface area contributed by atoms with Crippen molar-refractivity contribution in [2.24, 2.45) is 0 Å². The molecular formula is C12H19N5O3S. The lowest BCUT2D eigenvalue weighted by molar-refractivity contribution is -0.384. The van der Waals surface area contributed by atoms with Crippen LogP contribution < -0.4 is 10.6 Å². The van der Waals surface area contributed by atoms with E-state index in [0.717, 1.165) is 19.0 Å². The van der Waals surface area contributed by atoms with Crippen LogP contribution in [0, 0.1) is 10.1 Å². The number of nitro groups is 1. The second kappa shape index (κ2) is 5.92. The van der Waals surface area contributed by atoms with E-state index < -0.39 is 15.7 Å². The van der Waals surface area contributed by atoms with Crippen LogP contribution in [0.5, 0.6) is 0 Å². The van der Waals surface area contributed by atoms with E-state index in [-0.39, 0.29) is 16.3 Å². The number of nitrogens with zero attached hydrogens (tertiary/aromatic N) is 4. The molecule has 0 amide bonds. The average molecular weight is 313 g/mol. The number of nitrogen functional groups attached to an aromatic ring is 1. The summed E-state index contributed by atoms with van der Waals surface area (Å²) in [6.07, 6.45) is 2.73. The fraction of sp³-hybridized carbons (Fsp3) is 0.667. The van der Waals surface area contributed by atoms with Crippen molar-refractivity contribution in [3.05, 3.63) is 16.3 Å². The molecule has 0 saturated carbocycles. The van der Waals surface area contributed by atoms with Gasteiger partial charge in [0.25, 0.3) is 0 Å². The van der Waals surface area contributed by atoms with Crippen molar-refractivity contribution in [2.75, 3.05) is 29.5 Å². The van der Waals surface area contributed by atoms with Crippen LogP contribution in [0.1, 0.15) is 26.7 Å². The Kier molecular flexibility index (Phi) is 4.40. The fourth-order valence-electron chi connectivity index (χ4n) is 2.55. The average Bonchev–Trinajstić information content (AvgIpc) is 2.47. The van der Waals surface area contributed by atoms with Crippen molar-refractivity contribution in [2.45, 2.75) is 31.4 Å². The molecule has 8 nitrogen and oxygen atoms in total. The molecule has 1 unspecified atom stereocenters. The van der Waals surface area contributed by atoms with Crippen molar-refractivity contribution < 1.29 is 9.13 Å². The highest BCUT2D eigenvalue weighted by atomic mass is 32.2. The summed E-state index contributed by atoms with van der Waals surface area (Å²) in [7, 11) is -0.885. The van der Waals surface area contributed by atoms with Crippen LogP contribution in [0.15, 0.2) is 6.20 Å². The summed E-state index contributed by atoms with van der Waals surface area (Å²) >= 11 is 0. The number of nitrogens with two attached hydrogens (primary N) is 1. The Hall–Kier alpha value is -1.77. The van der Waals surface area contributed by atoms with Crippen molar-refractivity contribution in [3.63, 3.8) is 0 Å². The van der Waals surface area contributed by atoms with E-state index in [1.165, 1.54) is 0 Å². The maximum atomic E-state index is 12.3. The Morgan fingerprint density at radius 1 is 1.52 bits per heavy atom. The van der Waals surface area contributed by atoms with E-state index in [9.17, 15) is 14.3 Å². The number of aromatic nitrogens is 2. The van der Waals surface area contributed by atoms with Crippen LogP contribution in [-0.4, -0.2) is 42.7 Å². The highest BCUT2D eigenvalue weighted by molar-refractivity contribution is 7.86. The predicted octanol–water partition coefficient (Wildman–Crippen LogP) is 1.09. The molecule has 2 heterocycles. The van der Waals surface area contributed by atoms with Gasteiger partial charge in [-0.1, -0.05) is 13.8 Å². The second-order valence-corrected chi connectivity index (χ2v) is 7.02. The molecule has 1 fully saturated rings. The summed E-state index contributed by atoms with van der Waals surface area (Å²) in [5.41, 5.74) is 5.31. The minimum absolute atomic E-state index is 0.143. The summed E-state index contributed by atoms with van der Waals surface area (Å²) in [6, 6.07) is 0. The van der Waals surface area contributed by atoms with Crippen LogP contribution in [0.2, 0.25) is 0 Å². The van der Waals surface area contributed by atoms with Gasteiger partial charge in [0.1, 0.15) is 6.20 Å². The molecule has 1 aliphatic rings. The fourth-order valence-corrected chi connectivity index (χ4v) is 4.31. The SMILES string of the molecule is CCC1(CC)CN(c2ncc([N+](=O)[O-])c(N)n2)CCS1=O. The van der Waals surface area contributed by atoms with E-state index in [0.29, 0.717) is 24.8 Å². The van der Waals surface area contributed by atoms with Gasteiger partial charge in [-0.25, -0.2) is 4.98 Å². The quantitative estimate of drug-likeness (QED) is 0.653. The molecule has 116 valence electrons. The lowest BCUT2D eigenvalue weighted by Gasteiger charge is -2.41. The molecule has 1 aliphatic heterocycles. The van der Waals surface area contributed by atoms with Gasteiger partial charge in [-0.05, 0) is 12.8 Å². The molecule has 21 heavy (non-hydrogen) atoms. The number of rotatable bonds is 4. The first kappa shape index (κ1) is 15.6. The van der Waals surface area contributed by atoms with E-state index in [1.54, 1.807) is 0 Å². The third kappa shape index (κ3) is 2.82. The largest absolute Gasteiger partial charge is 0.378 e. The zero-order valence-electron chi connectivity index (χ0n) is 12.1. The minimum atomic E-state index is -0.885. The number of hydrogen-bond acceptors (Lipinski definition) is 7. The van der Waals surface area contributed by atoms with Gasteiger partial charge in [-0.15, -0.1) is 0 Å². The van der Waals surface area contributed by atoms with E-state index in [2.05, 4.69) is 9.97 Å². The van der Waals surface area contributed by atoms with Gasteiger partial charge in [0, 0.05) is 29.6 Å². The maximum Gasteiger partial charge on any atom is 0.329 e. The topological polar surface area (TPSA) is 115 Å². The van der Waals surface area contributed by atoms with Gasteiger partial charge < -0.3 is 10.6 Å². The monoisotopic (exact) mass is 313 g/mol. The first-order chi connectivity index (χ1) is 9.93. The summed E-state index contributed by atoms with van der Waals surface area (Å²) in [6.45, 7) is 5.18. The molecule has 1 saturated heterocycles. The summed E-state index contributed by atoms with van der Waals surface area (Å²) in [4.78, 5) is 20.1. The third-order valence-corrected chi connectivity index (χ3v) is 6.29. The molecule has 2 rings (SSSR count). The van der Waals surface area contributed by atoms with Crippen molar-refractivity contribution in [1.29, 1.82) is 0 Å². The highest BCUT2D eigenvalue weighted by Crippen LogP contribution is 2.31. The molecule has 1 aromatic rings. The number of anilines is 2. The molecular weight excluding hydrogens is 294 g/mol. The lowest BCUT2D eigenvalue weighted by atomic mass is 10.0. The van der Waals surface area contributed by atoms with E-state index >= 15 is 0 Å². The summed E-state index contributed by atoms with van der Waals surface area (Å²) in [5, 5.41) is 10.7. The zero-order chi connectivity index (χ0) is 15.6. The van der Waals surface area contributed by atoms with Crippen LogP contribution in [0.4, 0.5) is 17.5 Å². The van der Waals surface area contributed by atoms with Gasteiger partial charge in [-0.2, -0.15) is 4.98 Å². The molecule has 0 aliphatic carbocycles. The van der Waals surface area contributed by atoms with Crippen molar-refractivity contribution in [3.8, 4) is 0 Å². The van der Waals surface area contributed by atoms with Crippen molar-refractivity contribution >= 4 is 28.3 Å². The molecule has 0 spiro atoms. The standard InChI is InChI=1S/C12H19N5O3S/c1-3-12(4-2)8-16(5-6-21(12)20)11-14-7-9(17(18)19)10(13)15-11/h7H,3-6,8H2,1-2H3,(H2,13,14,15). The Bertz CT molecular complexity index is 576. The Morgan fingerprint density at radius 3 is 2.71 bits per heavy atom. The highest BCUT2D eigenvalue weighted by Gasteiger charge is 2.39. The molecule has 1 atom stereocenters. The van der Waals surface area contributed by atoms with Crippen LogP contribution in [-0.2, 0) is 10.8 Å². The lowest BCUT2D eigenvalue weighted by Crippen LogP contribution is -2.53. The van der Waals surface area contributed by atoms with E-state index in [1.807, 2.05) is 18.7 Å². The molecule has 9 heteroatoms. The van der Waals surface area contributed by atoms with Gasteiger partial charge in [0.2, 0.25) is 11.8 Å². The smallest absolute Gasteiger partial charge is 0.329 e. The third-order valence-electron chi connectivity index (χ3n) is 4.06.